The third-order valence-corrected chi connectivity index (χ3v) is 3.23. The van der Waals surface area contributed by atoms with E-state index in [0.29, 0.717) is 16.5 Å². The number of carbonyl (C=O) groups excluding carboxylic acids is 2. The van der Waals surface area contributed by atoms with Gasteiger partial charge in [-0.15, -0.1) is 0 Å². The van der Waals surface area contributed by atoms with E-state index in [0.717, 1.165) is 10.7 Å². The van der Waals surface area contributed by atoms with E-state index in [1.807, 2.05) is 0 Å². The van der Waals surface area contributed by atoms with Gasteiger partial charge in [0.05, 0.1) is 5.69 Å². The quantitative estimate of drug-likeness (QED) is 0.683. The van der Waals surface area contributed by atoms with Crippen molar-refractivity contribution >= 4 is 35.3 Å². The highest BCUT2D eigenvalue weighted by molar-refractivity contribution is 6.32. The fourth-order valence-electron chi connectivity index (χ4n) is 2.06. The van der Waals surface area contributed by atoms with Crippen LogP contribution < -0.4 is 10.2 Å². The lowest BCUT2D eigenvalue weighted by Crippen LogP contribution is -2.30. The third-order valence-electron chi connectivity index (χ3n) is 2.99. The molecule has 3 amide bonds. The number of urea groups is 1. The number of nitrogens with zero attached hydrogens (tertiary/aromatic N) is 1. The van der Waals surface area contributed by atoms with Crippen molar-refractivity contribution in [2.45, 2.75) is 6.92 Å². The standard InChI is InChI=1S/C15H11ClN2O3/c1-9-5-6-12(21-9)8-13-14(19)18(15(20)17-13)11-4-2-3-10(16)7-11/h2-8H,1H3,(H,17,20). The zero-order chi connectivity index (χ0) is 15.0. The topological polar surface area (TPSA) is 62.6 Å². The summed E-state index contributed by atoms with van der Waals surface area (Å²) >= 11 is 5.89. The molecule has 2 heterocycles. The highest BCUT2D eigenvalue weighted by Gasteiger charge is 2.35. The van der Waals surface area contributed by atoms with Gasteiger partial charge in [0.1, 0.15) is 17.2 Å². The molecule has 1 saturated heterocycles. The highest BCUT2D eigenvalue weighted by Crippen LogP contribution is 2.25. The van der Waals surface area contributed by atoms with Crippen molar-refractivity contribution in [3.8, 4) is 0 Å². The summed E-state index contributed by atoms with van der Waals surface area (Å²) in [5, 5.41) is 2.98. The van der Waals surface area contributed by atoms with Crippen LogP contribution in [0.2, 0.25) is 5.02 Å². The van der Waals surface area contributed by atoms with Crippen LogP contribution in [-0.4, -0.2) is 11.9 Å². The van der Waals surface area contributed by atoms with Crippen LogP contribution in [0.5, 0.6) is 0 Å². The van der Waals surface area contributed by atoms with Crippen LogP contribution in [0, 0.1) is 6.92 Å². The fraction of sp³-hybridized carbons (Fsp3) is 0.0667. The Morgan fingerprint density at radius 1 is 1.24 bits per heavy atom. The molecule has 2 aromatic rings. The summed E-state index contributed by atoms with van der Waals surface area (Å²) in [6.07, 6.45) is 1.50. The van der Waals surface area contributed by atoms with Crippen molar-refractivity contribution in [3.05, 3.63) is 58.6 Å². The lowest BCUT2D eigenvalue weighted by molar-refractivity contribution is -0.113. The number of nitrogens with one attached hydrogen (secondary N) is 1. The molecule has 0 unspecified atom stereocenters. The van der Waals surface area contributed by atoms with Crippen LogP contribution in [0.3, 0.4) is 0 Å². The lowest BCUT2D eigenvalue weighted by Gasteiger charge is -2.11. The van der Waals surface area contributed by atoms with Gasteiger partial charge < -0.3 is 9.73 Å². The summed E-state index contributed by atoms with van der Waals surface area (Å²) in [5.74, 6) is 0.783. The van der Waals surface area contributed by atoms with Crippen molar-refractivity contribution in [2.75, 3.05) is 4.90 Å². The number of hydrogen-bond donors (Lipinski definition) is 1. The number of amides is 3. The van der Waals surface area contributed by atoms with E-state index in [1.165, 1.54) is 6.08 Å². The number of rotatable bonds is 2. The van der Waals surface area contributed by atoms with Crippen molar-refractivity contribution in [1.29, 1.82) is 0 Å². The fourth-order valence-corrected chi connectivity index (χ4v) is 2.24. The van der Waals surface area contributed by atoms with E-state index in [2.05, 4.69) is 5.32 Å². The van der Waals surface area contributed by atoms with Gasteiger partial charge in [0.25, 0.3) is 5.91 Å². The Kier molecular flexibility index (Phi) is 3.27. The van der Waals surface area contributed by atoms with E-state index in [1.54, 1.807) is 43.3 Å². The Labute approximate surface area is 125 Å². The van der Waals surface area contributed by atoms with E-state index in [-0.39, 0.29) is 5.70 Å². The van der Waals surface area contributed by atoms with Gasteiger partial charge in [-0.25, -0.2) is 9.69 Å². The van der Waals surface area contributed by atoms with Gasteiger partial charge in [-0.05, 0) is 37.3 Å². The number of halogens is 1. The van der Waals surface area contributed by atoms with Crippen LogP contribution in [0.15, 0.2) is 46.5 Å². The number of carbonyl (C=O) groups is 2. The van der Waals surface area contributed by atoms with Crippen molar-refractivity contribution in [1.82, 2.24) is 5.32 Å². The Morgan fingerprint density at radius 3 is 2.71 bits per heavy atom. The summed E-state index contributed by atoms with van der Waals surface area (Å²) in [6, 6.07) is 9.53. The Balaban J connectivity index is 1.94. The number of aryl methyl sites for hydroxylation is 1. The Hall–Kier alpha value is -2.53. The molecule has 0 spiro atoms. The monoisotopic (exact) mass is 302 g/mol. The number of anilines is 1. The zero-order valence-corrected chi connectivity index (χ0v) is 11.8. The maximum Gasteiger partial charge on any atom is 0.333 e. The van der Waals surface area contributed by atoms with Crippen molar-refractivity contribution < 1.29 is 14.0 Å². The second-order valence-electron chi connectivity index (χ2n) is 4.56. The molecule has 1 N–H and O–H groups in total. The first-order valence-corrected chi connectivity index (χ1v) is 6.61. The smallest absolute Gasteiger partial charge is 0.333 e. The summed E-state index contributed by atoms with van der Waals surface area (Å²) < 4.78 is 5.37. The van der Waals surface area contributed by atoms with E-state index in [9.17, 15) is 9.59 Å². The molecule has 0 radical (unpaired) electrons. The van der Waals surface area contributed by atoms with Gasteiger partial charge in [-0.1, -0.05) is 17.7 Å². The molecule has 21 heavy (non-hydrogen) atoms. The molecule has 0 saturated carbocycles. The van der Waals surface area contributed by atoms with Gasteiger partial charge in [0, 0.05) is 11.1 Å². The molecule has 6 heteroatoms. The molecular weight excluding hydrogens is 292 g/mol. The van der Waals surface area contributed by atoms with Crippen molar-refractivity contribution in [2.24, 2.45) is 0 Å². The first kappa shape index (κ1) is 13.5. The molecule has 1 aromatic carbocycles. The van der Waals surface area contributed by atoms with E-state index in [4.69, 9.17) is 16.0 Å². The predicted octanol–water partition coefficient (Wildman–Crippen LogP) is 3.34. The molecule has 5 nitrogen and oxygen atoms in total. The summed E-state index contributed by atoms with van der Waals surface area (Å²) in [7, 11) is 0. The van der Waals surface area contributed by atoms with Crippen LogP contribution in [0.25, 0.3) is 6.08 Å². The SMILES string of the molecule is Cc1ccc(C=C2NC(=O)N(c3cccc(Cl)c3)C2=O)o1. The summed E-state index contributed by atoms with van der Waals surface area (Å²) in [4.78, 5) is 25.3. The van der Waals surface area contributed by atoms with Gasteiger partial charge in [0.15, 0.2) is 0 Å². The van der Waals surface area contributed by atoms with Gasteiger partial charge in [-0.3, -0.25) is 4.79 Å². The van der Waals surface area contributed by atoms with Crippen LogP contribution in [0.4, 0.5) is 10.5 Å². The normalized spacial score (nSPS) is 16.7. The number of benzene rings is 1. The highest BCUT2D eigenvalue weighted by atomic mass is 35.5. The second kappa shape index (κ2) is 5.10. The molecule has 0 aliphatic carbocycles. The number of hydrogen-bond acceptors (Lipinski definition) is 3. The molecule has 1 aromatic heterocycles. The van der Waals surface area contributed by atoms with Gasteiger partial charge >= 0.3 is 6.03 Å². The lowest BCUT2D eigenvalue weighted by atomic mass is 10.2. The Bertz CT molecular complexity index is 764. The first-order chi connectivity index (χ1) is 10.0. The summed E-state index contributed by atoms with van der Waals surface area (Å²) in [6.45, 7) is 1.80. The minimum atomic E-state index is -0.517. The average molecular weight is 303 g/mol. The van der Waals surface area contributed by atoms with E-state index < -0.39 is 11.9 Å². The minimum Gasteiger partial charge on any atom is -0.462 e. The molecule has 1 fully saturated rings. The second-order valence-corrected chi connectivity index (χ2v) is 4.99. The minimum absolute atomic E-state index is 0.161. The van der Waals surface area contributed by atoms with Crippen LogP contribution in [0.1, 0.15) is 11.5 Å². The zero-order valence-electron chi connectivity index (χ0n) is 11.1. The summed E-state index contributed by atoms with van der Waals surface area (Å²) in [5.41, 5.74) is 0.582. The maximum absolute atomic E-state index is 12.3. The molecular formula is C15H11ClN2O3. The molecule has 1 aliphatic rings. The molecule has 1 aliphatic heterocycles. The number of furan rings is 1. The molecule has 0 atom stereocenters. The Morgan fingerprint density at radius 2 is 2.05 bits per heavy atom. The van der Waals surface area contributed by atoms with Gasteiger partial charge in [0.2, 0.25) is 0 Å². The predicted molar refractivity (Wildman–Crippen MR) is 78.9 cm³/mol. The average Bonchev–Trinajstić information content (AvgIpc) is 2.94. The first-order valence-electron chi connectivity index (χ1n) is 6.24. The van der Waals surface area contributed by atoms with Gasteiger partial charge in [-0.2, -0.15) is 0 Å². The number of imide groups is 1. The molecule has 3 rings (SSSR count). The van der Waals surface area contributed by atoms with E-state index >= 15 is 0 Å². The molecule has 0 bridgehead atoms. The van der Waals surface area contributed by atoms with Crippen molar-refractivity contribution in [3.63, 3.8) is 0 Å². The maximum atomic E-state index is 12.3. The largest absolute Gasteiger partial charge is 0.462 e. The van der Waals surface area contributed by atoms with Crippen LogP contribution >= 0.6 is 11.6 Å². The third kappa shape index (κ3) is 2.55. The van der Waals surface area contributed by atoms with Crippen LogP contribution in [-0.2, 0) is 4.79 Å². The molecule has 106 valence electrons.